The highest BCUT2D eigenvalue weighted by molar-refractivity contribution is 5.89. The molecule has 33 heavy (non-hydrogen) atoms. The van der Waals surface area contributed by atoms with Gasteiger partial charge in [0.1, 0.15) is 6.33 Å². The van der Waals surface area contributed by atoms with Gasteiger partial charge in [-0.3, -0.25) is 9.69 Å². The Kier molecular flexibility index (Phi) is 5.95. The van der Waals surface area contributed by atoms with Crippen LogP contribution >= 0.6 is 0 Å². The molecule has 0 saturated carbocycles. The lowest BCUT2D eigenvalue weighted by Crippen LogP contribution is -2.55. The van der Waals surface area contributed by atoms with E-state index in [1.54, 1.807) is 0 Å². The molecule has 1 aromatic carbocycles. The molecule has 1 spiro atoms. The standard InChI is InChI=1S/C20H20F6N6O/c21-19(22,23)14-5-13(6-15(7-14)20(24,25)26)17-29-12-32(30-17)3-1-16(33)28-11-31-4-2-18(10-31)8-27-9-18/h1,3,5-7,12,27H,2,4,8-11H2,(H,28,33). The molecule has 0 unspecified atom stereocenters. The van der Waals surface area contributed by atoms with Gasteiger partial charge in [-0.25, -0.2) is 9.67 Å². The molecule has 2 fully saturated rings. The first-order valence-corrected chi connectivity index (χ1v) is 10.0. The first-order chi connectivity index (χ1) is 15.4. The van der Waals surface area contributed by atoms with Gasteiger partial charge in [-0.15, -0.1) is 5.10 Å². The number of alkyl halides is 6. The molecule has 2 aliphatic heterocycles. The Morgan fingerprint density at radius 1 is 1.12 bits per heavy atom. The maximum absolute atomic E-state index is 13.0. The molecule has 0 aliphatic carbocycles. The van der Waals surface area contributed by atoms with Gasteiger partial charge in [-0.2, -0.15) is 26.3 Å². The summed E-state index contributed by atoms with van der Waals surface area (Å²) in [6.07, 6.45) is -5.42. The Labute approximate surface area is 184 Å². The molecule has 7 nitrogen and oxygen atoms in total. The van der Waals surface area contributed by atoms with E-state index in [1.807, 2.05) is 0 Å². The van der Waals surface area contributed by atoms with Gasteiger partial charge in [-0.1, -0.05) is 0 Å². The largest absolute Gasteiger partial charge is 0.416 e. The van der Waals surface area contributed by atoms with Gasteiger partial charge in [0.15, 0.2) is 5.82 Å². The first-order valence-electron chi connectivity index (χ1n) is 10.0. The molecular formula is C20H20F6N6O. The fraction of sp³-hybridized carbons (Fsp3) is 0.450. The molecule has 2 aliphatic rings. The fourth-order valence-corrected chi connectivity index (χ4v) is 3.89. The Morgan fingerprint density at radius 2 is 1.79 bits per heavy atom. The van der Waals surface area contributed by atoms with Crippen LogP contribution < -0.4 is 10.6 Å². The monoisotopic (exact) mass is 474 g/mol. The third-order valence-corrected chi connectivity index (χ3v) is 5.73. The minimum atomic E-state index is -4.97. The number of likely N-dealkylation sites (tertiary alicyclic amines) is 1. The third-order valence-electron chi connectivity index (χ3n) is 5.73. The Bertz CT molecular complexity index is 1020. The van der Waals surface area contributed by atoms with Crippen LogP contribution in [0.3, 0.4) is 0 Å². The normalized spacial score (nSPS) is 18.7. The molecular weight excluding hydrogens is 454 g/mol. The maximum Gasteiger partial charge on any atom is 0.416 e. The topological polar surface area (TPSA) is 75.1 Å². The van der Waals surface area contributed by atoms with Gasteiger partial charge in [0.05, 0.1) is 17.8 Å². The molecule has 178 valence electrons. The quantitative estimate of drug-likeness (QED) is 0.515. The number of carbonyl (C=O) groups is 1. The molecule has 0 bridgehead atoms. The Hall–Kier alpha value is -2.93. The number of halogens is 6. The van der Waals surface area contributed by atoms with E-state index < -0.39 is 35.0 Å². The van der Waals surface area contributed by atoms with Gasteiger partial charge >= 0.3 is 12.4 Å². The van der Waals surface area contributed by atoms with Crippen LogP contribution in [0.1, 0.15) is 17.5 Å². The zero-order valence-corrected chi connectivity index (χ0v) is 17.2. The summed E-state index contributed by atoms with van der Waals surface area (Å²) in [5.41, 5.74) is -3.06. The number of aromatic nitrogens is 3. The third kappa shape index (κ3) is 5.36. The highest BCUT2D eigenvalue weighted by atomic mass is 19.4. The number of hydrogen-bond donors (Lipinski definition) is 2. The SMILES string of the molecule is O=C(C=Cn1cnc(-c2cc(C(F)(F)F)cc(C(F)(F)F)c2)n1)NCN1CCC2(CNC2)C1. The molecule has 13 heteroatoms. The van der Waals surface area contributed by atoms with E-state index in [1.165, 1.54) is 6.20 Å². The number of amides is 1. The number of hydrogen-bond acceptors (Lipinski definition) is 5. The number of nitrogens with one attached hydrogen (secondary N) is 2. The van der Waals surface area contributed by atoms with E-state index in [4.69, 9.17) is 0 Å². The van der Waals surface area contributed by atoms with Crippen molar-refractivity contribution in [1.82, 2.24) is 30.3 Å². The van der Waals surface area contributed by atoms with Crippen LogP contribution in [-0.4, -0.2) is 58.4 Å². The van der Waals surface area contributed by atoms with Crippen molar-refractivity contribution in [2.24, 2.45) is 5.41 Å². The molecule has 2 N–H and O–H groups in total. The van der Waals surface area contributed by atoms with Crippen LogP contribution in [0.2, 0.25) is 0 Å². The molecule has 3 heterocycles. The van der Waals surface area contributed by atoms with Crippen molar-refractivity contribution >= 4 is 12.1 Å². The van der Waals surface area contributed by atoms with Crippen LogP contribution in [-0.2, 0) is 17.1 Å². The summed E-state index contributed by atoms with van der Waals surface area (Å²) < 4.78 is 79.3. The van der Waals surface area contributed by atoms with Crippen LogP contribution in [0.15, 0.2) is 30.6 Å². The first kappa shape index (κ1) is 23.2. The van der Waals surface area contributed by atoms with Gasteiger partial charge in [0.25, 0.3) is 0 Å². The van der Waals surface area contributed by atoms with Crippen molar-refractivity contribution in [2.45, 2.75) is 18.8 Å². The smallest absolute Gasteiger partial charge is 0.340 e. The van der Waals surface area contributed by atoms with Crippen molar-refractivity contribution in [3.05, 3.63) is 41.7 Å². The van der Waals surface area contributed by atoms with E-state index in [9.17, 15) is 31.1 Å². The average Bonchev–Trinajstić information content (AvgIpc) is 3.36. The summed E-state index contributed by atoms with van der Waals surface area (Å²) >= 11 is 0. The Morgan fingerprint density at radius 3 is 2.33 bits per heavy atom. The average molecular weight is 474 g/mol. The second-order valence-corrected chi connectivity index (χ2v) is 8.26. The Balaban J connectivity index is 1.41. The molecule has 1 amide bonds. The molecule has 4 rings (SSSR count). The van der Waals surface area contributed by atoms with Crippen molar-refractivity contribution < 1.29 is 31.1 Å². The number of nitrogens with zero attached hydrogens (tertiary/aromatic N) is 4. The molecule has 0 atom stereocenters. The summed E-state index contributed by atoms with van der Waals surface area (Å²) in [5.74, 6) is -0.758. The van der Waals surface area contributed by atoms with Crippen LogP contribution in [0.25, 0.3) is 17.6 Å². The lowest BCUT2D eigenvalue weighted by Gasteiger charge is -2.39. The highest BCUT2D eigenvalue weighted by Crippen LogP contribution is 2.38. The summed E-state index contributed by atoms with van der Waals surface area (Å²) in [5, 5.41) is 9.85. The predicted octanol–water partition coefficient (Wildman–Crippen LogP) is 2.82. The van der Waals surface area contributed by atoms with Crippen molar-refractivity contribution in [3.63, 3.8) is 0 Å². The van der Waals surface area contributed by atoms with Crippen LogP contribution in [0.5, 0.6) is 0 Å². The molecule has 2 aromatic rings. The minimum absolute atomic E-state index is 0.0361. The van der Waals surface area contributed by atoms with Gasteiger partial charge in [0, 0.05) is 49.4 Å². The van der Waals surface area contributed by atoms with Gasteiger partial charge in [0.2, 0.25) is 5.91 Å². The van der Waals surface area contributed by atoms with E-state index in [-0.39, 0.29) is 11.9 Å². The van der Waals surface area contributed by atoms with Gasteiger partial charge < -0.3 is 10.6 Å². The van der Waals surface area contributed by atoms with Crippen LogP contribution in [0.4, 0.5) is 26.3 Å². The minimum Gasteiger partial charge on any atom is -0.340 e. The van der Waals surface area contributed by atoms with Crippen LogP contribution in [0, 0.1) is 5.41 Å². The van der Waals surface area contributed by atoms with E-state index in [2.05, 4.69) is 25.6 Å². The molecule has 2 saturated heterocycles. The van der Waals surface area contributed by atoms with Gasteiger partial charge in [-0.05, 0) is 24.6 Å². The van der Waals surface area contributed by atoms with E-state index >= 15 is 0 Å². The van der Waals surface area contributed by atoms with Crippen molar-refractivity contribution in [3.8, 4) is 11.4 Å². The van der Waals surface area contributed by atoms with E-state index in [0.717, 1.165) is 49.7 Å². The van der Waals surface area contributed by atoms with Crippen molar-refractivity contribution in [1.29, 1.82) is 0 Å². The molecule has 0 radical (unpaired) electrons. The zero-order valence-electron chi connectivity index (χ0n) is 17.2. The second-order valence-electron chi connectivity index (χ2n) is 8.26. The second kappa shape index (κ2) is 8.45. The number of carbonyl (C=O) groups excluding carboxylic acids is 1. The predicted molar refractivity (Wildman–Crippen MR) is 105 cm³/mol. The fourth-order valence-electron chi connectivity index (χ4n) is 3.89. The number of benzene rings is 1. The number of rotatable bonds is 5. The van der Waals surface area contributed by atoms with E-state index in [0.29, 0.717) is 24.2 Å². The summed E-state index contributed by atoms with van der Waals surface area (Å²) in [6, 6.07) is 1.13. The summed E-state index contributed by atoms with van der Waals surface area (Å²) in [6.45, 7) is 4.10. The lowest BCUT2D eigenvalue weighted by atomic mass is 9.81. The highest BCUT2D eigenvalue weighted by Gasteiger charge is 2.42. The lowest BCUT2D eigenvalue weighted by molar-refractivity contribution is -0.143. The summed E-state index contributed by atoms with van der Waals surface area (Å²) in [7, 11) is 0. The maximum atomic E-state index is 13.0. The van der Waals surface area contributed by atoms with Crippen molar-refractivity contribution in [2.75, 3.05) is 32.8 Å². The summed E-state index contributed by atoms with van der Waals surface area (Å²) in [4.78, 5) is 18.0. The zero-order chi connectivity index (χ0) is 23.9. The molecule has 1 aromatic heterocycles.